The van der Waals surface area contributed by atoms with E-state index < -0.39 is 6.10 Å². The van der Waals surface area contributed by atoms with Crippen molar-refractivity contribution in [1.29, 1.82) is 0 Å². The molecule has 0 bridgehead atoms. The number of halogens is 1. The molecule has 0 aliphatic carbocycles. The van der Waals surface area contributed by atoms with E-state index in [1.807, 2.05) is 26.0 Å². The Labute approximate surface area is 130 Å². The van der Waals surface area contributed by atoms with E-state index >= 15 is 0 Å². The quantitative estimate of drug-likeness (QED) is 0.645. The van der Waals surface area contributed by atoms with Crippen LogP contribution in [0.4, 0.5) is 0 Å². The first-order chi connectivity index (χ1) is 9.99. The third-order valence-corrected chi connectivity index (χ3v) is 2.95. The van der Waals surface area contributed by atoms with E-state index in [0.717, 1.165) is 0 Å². The van der Waals surface area contributed by atoms with Gasteiger partial charge in [-0.1, -0.05) is 37.6 Å². The molecule has 0 heterocycles. The summed E-state index contributed by atoms with van der Waals surface area (Å²) >= 11 is 5.94. The summed E-state index contributed by atoms with van der Waals surface area (Å²) in [6.07, 6.45) is -0.709. The zero-order valence-electron chi connectivity index (χ0n) is 12.4. The van der Waals surface area contributed by atoms with Crippen molar-refractivity contribution < 1.29 is 14.6 Å². The Morgan fingerprint density at radius 2 is 2.05 bits per heavy atom. The minimum Gasteiger partial charge on any atom is -0.489 e. The van der Waals surface area contributed by atoms with Gasteiger partial charge in [0.25, 0.3) is 0 Å². The number of benzene rings is 1. The van der Waals surface area contributed by atoms with Crippen LogP contribution < -0.4 is 15.4 Å². The summed E-state index contributed by atoms with van der Waals surface area (Å²) in [5, 5.41) is 15.9. The molecule has 5 nitrogen and oxygen atoms in total. The minimum absolute atomic E-state index is 0.0806. The number of aliphatic hydroxyl groups excluding tert-OH is 1. The van der Waals surface area contributed by atoms with Crippen LogP contribution in [0.5, 0.6) is 5.75 Å². The number of amides is 1. The first-order valence-corrected chi connectivity index (χ1v) is 7.39. The lowest BCUT2D eigenvalue weighted by molar-refractivity contribution is -0.120. The fourth-order valence-electron chi connectivity index (χ4n) is 1.54. The van der Waals surface area contributed by atoms with Crippen molar-refractivity contribution in [3.8, 4) is 5.75 Å². The summed E-state index contributed by atoms with van der Waals surface area (Å²) < 4.78 is 5.41. The van der Waals surface area contributed by atoms with E-state index in [2.05, 4.69) is 10.6 Å². The average molecular weight is 315 g/mol. The Morgan fingerprint density at radius 3 is 2.71 bits per heavy atom. The number of hydrogen-bond acceptors (Lipinski definition) is 4. The fourth-order valence-corrected chi connectivity index (χ4v) is 1.73. The molecule has 1 aromatic rings. The van der Waals surface area contributed by atoms with E-state index in [-0.39, 0.29) is 25.6 Å². The predicted molar refractivity (Wildman–Crippen MR) is 83.7 cm³/mol. The van der Waals surface area contributed by atoms with Crippen molar-refractivity contribution in [2.45, 2.75) is 20.0 Å². The van der Waals surface area contributed by atoms with Gasteiger partial charge in [0.05, 0.1) is 11.6 Å². The normalized spacial score (nSPS) is 12.2. The molecule has 0 saturated carbocycles. The highest BCUT2D eigenvalue weighted by atomic mass is 35.5. The lowest BCUT2D eigenvalue weighted by Gasteiger charge is -2.14. The van der Waals surface area contributed by atoms with Crippen molar-refractivity contribution in [3.63, 3.8) is 0 Å². The number of hydrogen-bond donors (Lipinski definition) is 3. The predicted octanol–water partition coefficient (Wildman–Crippen LogP) is 1.44. The third kappa shape index (κ3) is 7.90. The first-order valence-electron chi connectivity index (χ1n) is 7.02. The van der Waals surface area contributed by atoms with Crippen LogP contribution in [-0.4, -0.2) is 43.4 Å². The maximum absolute atomic E-state index is 11.4. The van der Waals surface area contributed by atoms with Crippen LogP contribution in [0, 0.1) is 5.92 Å². The van der Waals surface area contributed by atoms with Crippen LogP contribution >= 0.6 is 11.6 Å². The Hall–Kier alpha value is -1.30. The maximum atomic E-state index is 11.4. The number of ether oxygens (including phenoxy) is 1. The lowest BCUT2D eigenvalue weighted by Crippen LogP contribution is -2.39. The van der Waals surface area contributed by atoms with Crippen LogP contribution in [0.15, 0.2) is 24.3 Å². The van der Waals surface area contributed by atoms with E-state index in [4.69, 9.17) is 16.3 Å². The molecule has 0 saturated heterocycles. The molecule has 0 radical (unpaired) electrons. The van der Waals surface area contributed by atoms with Crippen LogP contribution in [0.25, 0.3) is 0 Å². The van der Waals surface area contributed by atoms with Gasteiger partial charge in [0.1, 0.15) is 18.5 Å². The molecule has 21 heavy (non-hydrogen) atoms. The lowest BCUT2D eigenvalue weighted by atomic mass is 10.2. The van der Waals surface area contributed by atoms with Gasteiger partial charge in [0, 0.05) is 13.1 Å². The molecular weight excluding hydrogens is 292 g/mol. The molecule has 1 rings (SSSR count). The second kappa shape index (κ2) is 9.60. The van der Waals surface area contributed by atoms with Gasteiger partial charge in [-0.2, -0.15) is 0 Å². The van der Waals surface area contributed by atoms with Crippen molar-refractivity contribution in [2.24, 2.45) is 5.92 Å². The molecule has 0 aliphatic heterocycles. The topological polar surface area (TPSA) is 70.6 Å². The fraction of sp³-hybridized carbons (Fsp3) is 0.533. The van der Waals surface area contributed by atoms with E-state index in [9.17, 15) is 9.90 Å². The standard InChI is InChI=1S/C15H23ClN2O3/c1-11(2)7-18-15(20)9-17-8-12(19)10-21-14-6-4-3-5-13(14)16/h3-6,11-12,17,19H,7-10H2,1-2H3,(H,18,20). The van der Waals surface area contributed by atoms with Crippen molar-refractivity contribution in [1.82, 2.24) is 10.6 Å². The van der Waals surface area contributed by atoms with Crippen LogP contribution in [0.1, 0.15) is 13.8 Å². The SMILES string of the molecule is CC(C)CNC(=O)CNCC(O)COc1ccccc1Cl. The number of carbonyl (C=O) groups is 1. The molecule has 1 aromatic carbocycles. The average Bonchev–Trinajstić information content (AvgIpc) is 2.44. The molecular formula is C15H23ClN2O3. The van der Waals surface area contributed by atoms with Gasteiger partial charge in [-0.25, -0.2) is 0 Å². The van der Waals surface area contributed by atoms with E-state index in [1.54, 1.807) is 12.1 Å². The maximum Gasteiger partial charge on any atom is 0.233 e. The second-order valence-electron chi connectivity index (χ2n) is 5.22. The monoisotopic (exact) mass is 314 g/mol. The Bertz CT molecular complexity index is 441. The van der Waals surface area contributed by atoms with Gasteiger partial charge in [-0.05, 0) is 18.1 Å². The van der Waals surface area contributed by atoms with Gasteiger partial charge in [-0.15, -0.1) is 0 Å². The third-order valence-electron chi connectivity index (χ3n) is 2.64. The molecule has 118 valence electrons. The summed E-state index contributed by atoms with van der Waals surface area (Å²) in [5.41, 5.74) is 0. The van der Waals surface area contributed by atoms with Crippen LogP contribution in [0.3, 0.4) is 0 Å². The zero-order chi connectivity index (χ0) is 15.7. The molecule has 0 aliphatic rings. The highest BCUT2D eigenvalue weighted by Gasteiger charge is 2.08. The summed E-state index contributed by atoms with van der Waals surface area (Å²) in [7, 11) is 0. The number of para-hydroxylation sites is 1. The summed E-state index contributed by atoms with van der Waals surface area (Å²) in [4.78, 5) is 11.4. The molecule has 1 unspecified atom stereocenters. The number of carbonyl (C=O) groups excluding carboxylic acids is 1. The molecule has 6 heteroatoms. The minimum atomic E-state index is -0.709. The smallest absolute Gasteiger partial charge is 0.233 e. The summed E-state index contributed by atoms with van der Waals surface area (Å²) in [6, 6.07) is 7.08. The van der Waals surface area contributed by atoms with Gasteiger partial charge in [-0.3, -0.25) is 4.79 Å². The Balaban J connectivity index is 2.15. The van der Waals surface area contributed by atoms with Crippen LogP contribution in [-0.2, 0) is 4.79 Å². The van der Waals surface area contributed by atoms with Gasteiger partial charge >= 0.3 is 0 Å². The largest absolute Gasteiger partial charge is 0.489 e. The van der Waals surface area contributed by atoms with E-state index in [0.29, 0.717) is 23.2 Å². The van der Waals surface area contributed by atoms with Crippen molar-refractivity contribution in [3.05, 3.63) is 29.3 Å². The Kier molecular flexibility index (Phi) is 8.12. The van der Waals surface area contributed by atoms with Gasteiger partial charge in [0.15, 0.2) is 0 Å². The highest BCUT2D eigenvalue weighted by molar-refractivity contribution is 6.32. The zero-order valence-corrected chi connectivity index (χ0v) is 13.2. The second-order valence-corrected chi connectivity index (χ2v) is 5.63. The summed E-state index contributed by atoms with van der Waals surface area (Å²) in [5.74, 6) is 0.874. The van der Waals surface area contributed by atoms with Gasteiger partial charge < -0.3 is 20.5 Å². The molecule has 0 fully saturated rings. The van der Waals surface area contributed by atoms with Crippen molar-refractivity contribution >= 4 is 17.5 Å². The molecule has 1 atom stereocenters. The van der Waals surface area contributed by atoms with Gasteiger partial charge in [0.2, 0.25) is 5.91 Å². The Morgan fingerprint density at radius 1 is 1.33 bits per heavy atom. The van der Waals surface area contributed by atoms with Crippen LogP contribution in [0.2, 0.25) is 5.02 Å². The molecule has 0 spiro atoms. The molecule has 3 N–H and O–H groups in total. The molecule has 1 amide bonds. The van der Waals surface area contributed by atoms with Crippen molar-refractivity contribution in [2.75, 3.05) is 26.2 Å². The first kappa shape index (κ1) is 17.8. The summed E-state index contributed by atoms with van der Waals surface area (Å²) in [6.45, 7) is 5.28. The molecule has 0 aromatic heterocycles. The highest BCUT2D eigenvalue weighted by Crippen LogP contribution is 2.22. The number of nitrogens with one attached hydrogen (secondary N) is 2. The number of aliphatic hydroxyl groups is 1. The van der Waals surface area contributed by atoms with E-state index in [1.165, 1.54) is 0 Å². The number of rotatable bonds is 9.